The van der Waals surface area contributed by atoms with Crippen molar-refractivity contribution in [3.63, 3.8) is 0 Å². The highest BCUT2D eigenvalue weighted by atomic mass is 32.2. The van der Waals surface area contributed by atoms with Crippen LogP contribution in [0.3, 0.4) is 0 Å². The molecule has 0 saturated heterocycles. The molecule has 1 aliphatic heterocycles. The highest BCUT2D eigenvalue weighted by molar-refractivity contribution is 7.99. The second-order valence-corrected chi connectivity index (χ2v) is 4.21. The van der Waals surface area contributed by atoms with Crippen LogP contribution in [0, 0.1) is 0 Å². The van der Waals surface area contributed by atoms with Crippen molar-refractivity contribution in [1.29, 1.82) is 0 Å². The van der Waals surface area contributed by atoms with E-state index in [1.165, 1.54) is 16.3 Å². The summed E-state index contributed by atoms with van der Waals surface area (Å²) >= 11 is 1.93. The van der Waals surface area contributed by atoms with Crippen molar-refractivity contribution in [2.45, 2.75) is 31.3 Å². The lowest BCUT2D eigenvalue weighted by Gasteiger charge is -2.01. The minimum absolute atomic E-state index is 0.615. The van der Waals surface area contributed by atoms with E-state index in [0.29, 0.717) is 5.92 Å². The average molecular weight is 168 g/mol. The molecule has 2 nitrogen and oxygen atoms in total. The van der Waals surface area contributed by atoms with Crippen LogP contribution in [0.2, 0.25) is 0 Å². The maximum atomic E-state index is 4.31. The summed E-state index contributed by atoms with van der Waals surface area (Å²) < 4.78 is 2.11. The van der Waals surface area contributed by atoms with E-state index in [4.69, 9.17) is 0 Å². The molecule has 0 atom stereocenters. The van der Waals surface area contributed by atoms with Gasteiger partial charge in [0, 0.05) is 11.3 Å². The van der Waals surface area contributed by atoms with Crippen molar-refractivity contribution in [2.75, 3.05) is 5.75 Å². The fourth-order valence-corrected chi connectivity index (χ4v) is 2.53. The Balaban J connectivity index is 2.42. The Morgan fingerprint density at radius 1 is 1.64 bits per heavy atom. The smallest absolute Gasteiger partial charge is 0.0975 e. The Bertz CT molecular complexity index is 265. The van der Waals surface area contributed by atoms with Gasteiger partial charge in [-0.1, -0.05) is 13.8 Å². The lowest BCUT2D eigenvalue weighted by molar-refractivity contribution is 0.628. The van der Waals surface area contributed by atoms with Gasteiger partial charge in [0.15, 0.2) is 0 Å². The first-order valence-electron chi connectivity index (χ1n) is 3.97. The number of thioether (sulfide) groups is 1. The van der Waals surface area contributed by atoms with Crippen molar-refractivity contribution < 1.29 is 0 Å². The van der Waals surface area contributed by atoms with Gasteiger partial charge in [-0.3, -0.25) is 4.68 Å². The molecule has 3 heteroatoms. The summed E-state index contributed by atoms with van der Waals surface area (Å²) in [6, 6.07) is 0. The van der Waals surface area contributed by atoms with Gasteiger partial charge in [-0.2, -0.15) is 5.10 Å². The first-order valence-corrected chi connectivity index (χ1v) is 4.96. The molecule has 2 rings (SSSR count). The van der Waals surface area contributed by atoms with Crippen molar-refractivity contribution in [1.82, 2.24) is 9.78 Å². The van der Waals surface area contributed by atoms with Crippen molar-refractivity contribution >= 4 is 11.8 Å². The van der Waals surface area contributed by atoms with Gasteiger partial charge in [0.2, 0.25) is 0 Å². The minimum atomic E-state index is 0.615. The number of nitrogens with zero attached hydrogens (tertiary/aromatic N) is 2. The molecule has 0 spiro atoms. The van der Waals surface area contributed by atoms with Gasteiger partial charge in [-0.05, 0) is 5.92 Å². The molecule has 1 aliphatic rings. The number of hydrogen-bond donors (Lipinski definition) is 0. The van der Waals surface area contributed by atoms with Gasteiger partial charge >= 0.3 is 0 Å². The van der Waals surface area contributed by atoms with E-state index in [0.717, 1.165) is 6.54 Å². The molecule has 0 saturated carbocycles. The highest BCUT2D eigenvalue weighted by Crippen LogP contribution is 2.32. The third kappa shape index (κ3) is 1.07. The summed E-state index contributed by atoms with van der Waals surface area (Å²) in [4.78, 5) is 0. The zero-order valence-corrected chi connectivity index (χ0v) is 7.69. The van der Waals surface area contributed by atoms with E-state index in [1.807, 2.05) is 18.0 Å². The van der Waals surface area contributed by atoms with Crippen LogP contribution in [0.4, 0.5) is 0 Å². The number of fused-ring (bicyclic) bond motifs is 1. The minimum Gasteiger partial charge on any atom is -0.258 e. The van der Waals surface area contributed by atoms with Gasteiger partial charge in [0.25, 0.3) is 0 Å². The fraction of sp³-hybridized carbons (Fsp3) is 0.625. The Kier molecular flexibility index (Phi) is 1.68. The highest BCUT2D eigenvalue weighted by Gasteiger charge is 2.18. The van der Waals surface area contributed by atoms with E-state index < -0.39 is 0 Å². The summed E-state index contributed by atoms with van der Waals surface area (Å²) in [7, 11) is 0. The molecule has 0 fully saturated rings. The Labute approximate surface area is 71.0 Å². The SMILES string of the molecule is CC(C)c1cnn2c1SCC2. The predicted octanol–water partition coefficient (Wildman–Crippen LogP) is 2.11. The molecule has 0 unspecified atom stereocenters. The monoisotopic (exact) mass is 168 g/mol. The molecule has 0 bridgehead atoms. The third-order valence-corrected chi connectivity index (χ3v) is 3.09. The predicted molar refractivity (Wildman–Crippen MR) is 47.0 cm³/mol. The van der Waals surface area contributed by atoms with Gasteiger partial charge in [0.1, 0.15) is 0 Å². The van der Waals surface area contributed by atoms with Gasteiger partial charge in [0.05, 0.1) is 17.8 Å². The van der Waals surface area contributed by atoms with Crippen LogP contribution in [-0.2, 0) is 6.54 Å². The first-order chi connectivity index (χ1) is 5.29. The largest absolute Gasteiger partial charge is 0.258 e. The maximum Gasteiger partial charge on any atom is 0.0975 e. The lowest BCUT2D eigenvalue weighted by Crippen LogP contribution is -1.94. The number of aromatic nitrogens is 2. The zero-order chi connectivity index (χ0) is 7.84. The maximum absolute atomic E-state index is 4.31. The summed E-state index contributed by atoms with van der Waals surface area (Å²) in [6.45, 7) is 5.53. The Hall–Kier alpha value is -0.440. The number of aryl methyl sites for hydroxylation is 1. The molecule has 0 radical (unpaired) electrons. The second-order valence-electron chi connectivity index (χ2n) is 3.13. The molecule has 1 aromatic heterocycles. The van der Waals surface area contributed by atoms with Gasteiger partial charge < -0.3 is 0 Å². The molecule has 0 amide bonds. The standard InChI is InChI=1S/C8H12N2S/c1-6(2)7-5-9-10-3-4-11-8(7)10/h5-6H,3-4H2,1-2H3. The molecule has 1 aromatic rings. The lowest BCUT2D eigenvalue weighted by atomic mass is 10.1. The molecule has 60 valence electrons. The van der Waals surface area contributed by atoms with E-state index in [9.17, 15) is 0 Å². The molecule has 0 N–H and O–H groups in total. The van der Waals surface area contributed by atoms with Crippen LogP contribution >= 0.6 is 11.8 Å². The third-order valence-electron chi connectivity index (χ3n) is 1.98. The van der Waals surface area contributed by atoms with Crippen LogP contribution < -0.4 is 0 Å². The van der Waals surface area contributed by atoms with E-state index in [1.54, 1.807) is 0 Å². The summed E-state index contributed by atoms with van der Waals surface area (Å²) in [5.74, 6) is 1.81. The summed E-state index contributed by atoms with van der Waals surface area (Å²) in [5, 5.41) is 5.70. The second kappa shape index (κ2) is 2.55. The molecule has 2 heterocycles. The van der Waals surface area contributed by atoms with E-state index in [2.05, 4.69) is 23.6 Å². The molecular weight excluding hydrogens is 156 g/mol. The van der Waals surface area contributed by atoms with Crippen LogP contribution in [0.5, 0.6) is 0 Å². The van der Waals surface area contributed by atoms with Crippen LogP contribution in [-0.4, -0.2) is 15.5 Å². The van der Waals surface area contributed by atoms with Crippen LogP contribution in [0.1, 0.15) is 25.3 Å². The van der Waals surface area contributed by atoms with E-state index in [-0.39, 0.29) is 0 Å². The number of hydrogen-bond acceptors (Lipinski definition) is 2. The number of rotatable bonds is 1. The Morgan fingerprint density at radius 3 is 3.18 bits per heavy atom. The Morgan fingerprint density at radius 2 is 2.45 bits per heavy atom. The molecule has 0 aliphatic carbocycles. The van der Waals surface area contributed by atoms with Crippen molar-refractivity contribution in [3.05, 3.63) is 11.8 Å². The average Bonchev–Trinajstić information content (AvgIpc) is 2.41. The topological polar surface area (TPSA) is 17.8 Å². The quantitative estimate of drug-likeness (QED) is 0.639. The molecule has 11 heavy (non-hydrogen) atoms. The van der Waals surface area contributed by atoms with Crippen LogP contribution in [0.25, 0.3) is 0 Å². The van der Waals surface area contributed by atoms with Crippen LogP contribution in [0.15, 0.2) is 11.2 Å². The van der Waals surface area contributed by atoms with E-state index >= 15 is 0 Å². The van der Waals surface area contributed by atoms with Gasteiger partial charge in [-0.15, -0.1) is 11.8 Å². The fourth-order valence-electron chi connectivity index (χ4n) is 1.33. The first kappa shape index (κ1) is 7.22. The molecule has 0 aromatic carbocycles. The summed E-state index contributed by atoms with van der Waals surface area (Å²) in [5.41, 5.74) is 1.41. The van der Waals surface area contributed by atoms with Crippen molar-refractivity contribution in [3.8, 4) is 0 Å². The summed E-state index contributed by atoms with van der Waals surface area (Å²) in [6.07, 6.45) is 2.01. The zero-order valence-electron chi connectivity index (χ0n) is 6.87. The van der Waals surface area contributed by atoms with Crippen molar-refractivity contribution in [2.24, 2.45) is 0 Å². The van der Waals surface area contributed by atoms with Gasteiger partial charge in [-0.25, -0.2) is 0 Å². The normalized spacial score (nSPS) is 15.9. The molecular formula is C8H12N2S.